The van der Waals surface area contributed by atoms with Crippen molar-refractivity contribution in [3.05, 3.63) is 89.7 Å². The third kappa shape index (κ3) is 7.37. The van der Waals surface area contributed by atoms with Crippen molar-refractivity contribution in [1.29, 1.82) is 0 Å². The molecule has 0 bridgehead atoms. The normalized spacial score (nSPS) is 12.5. The average Bonchev–Trinajstić information content (AvgIpc) is 3.28. The molecule has 1 heterocycles. The van der Waals surface area contributed by atoms with E-state index in [1.807, 2.05) is 35.1 Å². The van der Waals surface area contributed by atoms with Gasteiger partial charge in [-0.05, 0) is 28.7 Å². The Morgan fingerprint density at radius 1 is 1.03 bits per heavy atom. The standard InChI is InChI=1S/C24H31N5O/c1-20(18-30-19-21-8-4-3-5-9-21)15-26-24(25-2)27-16-22-10-6-11-23(14-22)17-29-13-7-12-28-29/h3-14,20H,15-19H2,1-2H3,(H2,25,26,27). The second-order valence-corrected chi connectivity index (χ2v) is 7.44. The third-order valence-electron chi connectivity index (χ3n) is 4.71. The summed E-state index contributed by atoms with van der Waals surface area (Å²) in [6, 6.07) is 20.7. The zero-order chi connectivity index (χ0) is 21.0. The van der Waals surface area contributed by atoms with Crippen molar-refractivity contribution >= 4 is 5.96 Å². The van der Waals surface area contributed by atoms with Crippen LogP contribution in [0.2, 0.25) is 0 Å². The molecular weight excluding hydrogens is 374 g/mol. The number of aliphatic imine (C=N–C) groups is 1. The molecule has 158 valence electrons. The number of hydrogen-bond donors (Lipinski definition) is 2. The number of nitrogens with zero attached hydrogens (tertiary/aromatic N) is 3. The molecule has 1 unspecified atom stereocenters. The van der Waals surface area contributed by atoms with Crippen LogP contribution in [0, 0.1) is 5.92 Å². The smallest absolute Gasteiger partial charge is 0.191 e. The van der Waals surface area contributed by atoms with Gasteiger partial charge in [-0.3, -0.25) is 9.67 Å². The van der Waals surface area contributed by atoms with Crippen LogP contribution < -0.4 is 10.6 Å². The summed E-state index contributed by atoms with van der Waals surface area (Å²) in [7, 11) is 1.79. The number of aromatic nitrogens is 2. The molecular formula is C24H31N5O. The topological polar surface area (TPSA) is 63.5 Å². The number of ether oxygens (including phenoxy) is 1. The minimum Gasteiger partial charge on any atom is -0.376 e. The largest absolute Gasteiger partial charge is 0.376 e. The number of guanidine groups is 1. The van der Waals surface area contributed by atoms with Crippen molar-refractivity contribution in [2.24, 2.45) is 10.9 Å². The fourth-order valence-electron chi connectivity index (χ4n) is 3.11. The minimum atomic E-state index is 0.379. The average molecular weight is 406 g/mol. The van der Waals surface area contributed by atoms with Gasteiger partial charge in [-0.15, -0.1) is 0 Å². The summed E-state index contributed by atoms with van der Waals surface area (Å²) in [4.78, 5) is 4.33. The Morgan fingerprint density at radius 2 is 1.83 bits per heavy atom. The highest BCUT2D eigenvalue weighted by molar-refractivity contribution is 5.79. The lowest BCUT2D eigenvalue weighted by molar-refractivity contribution is 0.0931. The molecule has 0 saturated heterocycles. The first-order chi connectivity index (χ1) is 14.7. The highest BCUT2D eigenvalue weighted by Gasteiger charge is 2.05. The van der Waals surface area contributed by atoms with Crippen molar-refractivity contribution in [3.63, 3.8) is 0 Å². The van der Waals surface area contributed by atoms with E-state index >= 15 is 0 Å². The Morgan fingerprint density at radius 3 is 2.60 bits per heavy atom. The molecule has 0 radical (unpaired) electrons. The zero-order valence-electron chi connectivity index (χ0n) is 17.8. The lowest BCUT2D eigenvalue weighted by Gasteiger charge is -2.16. The lowest BCUT2D eigenvalue weighted by atomic mass is 10.1. The van der Waals surface area contributed by atoms with Crippen molar-refractivity contribution in [1.82, 2.24) is 20.4 Å². The molecule has 2 aromatic carbocycles. The van der Waals surface area contributed by atoms with Crippen LogP contribution in [0.1, 0.15) is 23.6 Å². The summed E-state index contributed by atoms with van der Waals surface area (Å²) in [5.41, 5.74) is 3.64. The maximum atomic E-state index is 5.83. The van der Waals surface area contributed by atoms with Gasteiger partial charge in [-0.2, -0.15) is 5.10 Å². The molecule has 1 aromatic heterocycles. The van der Waals surface area contributed by atoms with E-state index < -0.39 is 0 Å². The molecule has 0 spiro atoms. The van der Waals surface area contributed by atoms with Crippen LogP contribution in [0.15, 0.2) is 78.0 Å². The van der Waals surface area contributed by atoms with Gasteiger partial charge in [0.1, 0.15) is 0 Å². The predicted molar refractivity (Wildman–Crippen MR) is 121 cm³/mol. The second-order valence-electron chi connectivity index (χ2n) is 7.44. The van der Waals surface area contributed by atoms with E-state index in [1.165, 1.54) is 16.7 Å². The monoisotopic (exact) mass is 405 g/mol. The van der Waals surface area contributed by atoms with Crippen LogP contribution in [-0.4, -0.2) is 35.9 Å². The maximum absolute atomic E-state index is 5.83. The predicted octanol–water partition coefficient (Wildman–Crippen LogP) is 3.45. The number of rotatable bonds is 10. The molecule has 1 atom stereocenters. The van der Waals surface area contributed by atoms with Gasteiger partial charge < -0.3 is 15.4 Å². The molecule has 3 aromatic rings. The Labute approximate surface area is 179 Å². The van der Waals surface area contributed by atoms with E-state index in [0.717, 1.165) is 19.0 Å². The highest BCUT2D eigenvalue weighted by Crippen LogP contribution is 2.07. The van der Waals surface area contributed by atoms with Crippen molar-refractivity contribution in [2.45, 2.75) is 26.6 Å². The van der Waals surface area contributed by atoms with Crippen LogP contribution in [0.5, 0.6) is 0 Å². The molecule has 0 fully saturated rings. The van der Waals surface area contributed by atoms with Crippen molar-refractivity contribution < 1.29 is 4.74 Å². The SMILES string of the molecule is CN=C(NCc1cccc(Cn2cccn2)c1)NCC(C)COCc1ccccc1. The summed E-state index contributed by atoms with van der Waals surface area (Å²) in [6.45, 7) is 5.80. The summed E-state index contributed by atoms with van der Waals surface area (Å²) in [5, 5.41) is 11.0. The summed E-state index contributed by atoms with van der Waals surface area (Å²) in [5.74, 6) is 1.17. The fraction of sp³-hybridized carbons (Fsp3) is 0.333. The molecule has 0 aliphatic rings. The Bertz CT molecular complexity index is 893. The summed E-state index contributed by atoms with van der Waals surface area (Å²) >= 11 is 0. The fourth-order valence-corrected chi connectivity index (χ4v) is 3.11. The quantitative estimate of drug-likeness (QED) is 0.401. The van der Waals surface area contributed by atoms with Gasteiger partial charge in [-0.25, -0.2) is 0 Å². The lowest BCUT2D eigenvalue weighted by Crippen LogP contribution is -2.39. The number of hydrogen-bond acceptors (Lipinski definition) is 3. The van der Waals surface area contributed by atoms with E-state index in [2.05, 4.69) is 64.0 Å². The molecule has 6 heteroatoms. The third-order valence-corrected chi connectivity index (χ3v) is 4.71. The van der Waals surface area contributed by atoms with Crippen molar-refractivity contribution in [3.8, 4) is 0 Å². The molecule has 0 aliphatic heterocycles. The van der Waals surface area contributed by atoms with E-state index in [0.29, 0.717) is 25.7 Å². The Kier molecular flexibility index (Phi) is 8.47. The van der Waals surface area contributed by atoms with Crippen LogP contribution in [0.4, 0.5) is 0 Å². The molecule has 30 heavy (non-hydrogen) atoms. The van der Waals surface area contributed by atoms with E-state index in [4.69, 9.17) is 4.74 Å². The minimum absolute atomic E-state index is 0.379. The summed E-state index contributed by atoms with van der Waals surface area (Å²) < 4.78 is 7.75. The van der Waals surface area contributed by atoms with Gasteiger partial charge >= 0.3 is 0 Å². The molecule has 0 amide bonds. The summed E-state index contributed by atoms with van der Waals surface area (Å²) in [6.07, 6.45) is 3.77. The molecule has 2 N–H and O–H groups in total. The maximum Gasteiger partial charge on any atom is 0.191 e. The van der Waals surface area contributed by atoms with E-state index in [1.54, 1.807) is 13.2 Å². The van der Waals surface area contributed by atoms with Gasteiger partial charge in [0, 0.05) is 32.5 Å². The van der Waals surface area contributed by atoms with Crippen molar-refractivity contribution in [2.75, 3.05) is 20.2 Å². The second kappa shape index (κ2) is 11.8. The van der Waals surface area contributed by atoms with Gasteiger partial charge in [0.2, 0.25) is 0 Å². The Hall–Kier alpha value is -3.12. The first-order valence-corrected chi connectivity index (χ1v) is 10.3. The van der Waals surface area contributed by atoms with Gasteiger partial charge in [0.15, 0.2) is 5.96 Å². The van der Waals surface area contributed by atoms with Gasteiger partial charge in [-0.1, -0.05) is 61.5 Å². The van der Waals surface area contributed by atoms with Crippen LogP contribution in [0.25, 0.3) is 0 Å². The molecule has 6 nitrogen and oxygen atoms in total. The molecule has 3 rings (SSSR count). The molecule has 0 saturated carbocycles. The van der Waals surface area contributed by atoms with Crippen LogP contribution in [-0.2, 0) is 24.4 Å². The zero-order valence-corrected chi connectivity index (χ0v) is 17.8. The number of nitrogens with one attached hydrogen (secondary N) is 2. The Balaban J connectivity index is 1.38. The highest BCUT2D eigenvalue weighted by atomic mass is 16.5. The van der Waals surface area contributed by atoms with Gasteiger partial charge in [0.25, 0.3) is 0 Å². The van der Waals surface area contributed by atoms with E-state index in [9.17, 15) is 0 Å². The van der Waals surface area contributed by atoms with Crippen LogP contribution in [0.3, 0.4) is 0 Å². The van der Waals surface area contributed by atoms with Crippen LogP contribution >= 0.6 is 0 Å². The van der Waals surface area contributed by atoms with E-state index in [-0.39, 0.29) is 0 Å². The molecule has 0 aliphatic carbocycles. The first kappa shape index (κ1) is 21.6. The first-order valence-electron chi connectivity index (χ1n) is 10.3. The number of benzene rings is 2. The van der Waals surface area contributed by atoms with Gasteiger partial charge in [0.05, 0.1) is 19.8 Å².